The van der Waals surface area contributed by atoms with Gasteiger partial charge in [-0.25, -0.2) is 10.5 Å². The molecule has 9 heteroatoms. The van der Waals surface area contributed by atoms with Gasteiger partial charge in [-0.2, -0.15) is 0 Å². The molecule has 0 saturated carbocycles. The summed E-state index contributed by atoms with van der Waals surface area (Å²) in [4.78, 5) is 47.9. The SMILES string of the molecule is CC(=O)N(CCC[C@@H]1NC(=O)[C@H](CCCNOCc2ccccc2)NC1=O)OCc1ccccc1. The maximum absolute atomic E-state index is 12.5. The van der Waals surface area contributed by atoms with Crippen molar-refractivity contribution in [2.24, 2.45) is 0 Å². The normalized spacial score (nSPS) is 17.5. The number of carbonyl (C=O) groups is 3. The highest BCUT2D eigenvalue weighted by molar-refractivity contribution is 5.96. The fraction of sp³-hybridized carbons (Fsp3) is 0.423. The van der Waals surface area contributed by atoms with E-state index in [1.807, 2.05) is 60.7 Å². The molecule has 0 spiro atoms. The van der Waals surface area contributed by atoms with Crippen molar-refractivity contribution >= 4 is 17.7 Å². The Labute approximate surface area is 206 Å². The van der Waals surface area contributed by atoms with Crippen LogP contribution in [0.4, 0.5) is 0 Å². The quantitative estimate of drug-likeness (QED) is 0.282. The summed E-state index contributed by atoms with van der Waals surface area (Å²) < 4.78 is 0. The van der Waals surface area contributed by atoms with E-state index < -0.39 is 12.1 Å². The molecule has 1 heterocycles. The van der Waals surface area contributed by atoms with Gasteiger partial charge < -0.3 is 10.6 Å². The predicted octanol–water partition coefficient (Wildman–Crippen LogP) is 2.23. The van der Waals surface area contributed by atoms with Crippen LogP contribution in [-0.4, -0.2) is 48.0 Å². The van der Waals surface area contributed by atoms with Gasteiger partial charge in [-0.3, -0.25) is 24.1 Å². The van der Waals surface area contributed by atoms with Crippen LogP contribution in [0, 0.1) is 0 Å². The zero-order valence-corrected chi connectivity index (χ0v) is 20.1. The molecule has 0 aliphatic carbocycles. The summed E-state index contributed by atoms with van der Waals surface area (Å²) in [5.41, 5.74) is 4.92. The maximum atomic E-state index is 12.5. The van der Waals surface area contributed by atoms with Crippen LogP contribution in [-0.2, 0) is 37.3 Å². The van der Waals surface area contributed by atoms with E-state index in [0.717, 1.165) is 11.1 Å². The molecule has 188 valence electrons. The summed E-state index contributed by atoms with van der Waals surface area (Å²) >= 11 is 0. The minimum absolute atomic E-state index is 0.191. The van der Waals surface area contributed by atoms with E-state index >= 15 is 0 Å². The topological polar surface area (TPSA) is 109 Å². The molecular weight excluding hydrogens is 448 g/mol. The number of hydrogen-bond donors (Lipinski definition) is 3. The van der Waals surface area contributed by atoms with Gasteiger partial charge in [0.1, 0.15) is 18.7 Å². The average Bonchev–Trinajstić information content (AvgIpc) is 2.86. The van der Waals surface area contributed by atoms with E-state index in [1.54, 1.807) is 0 Å². The molecule has 3 N–H and O–H groups in total. The number of hydroxylamine groups is 3. The Balaban J connectivity index is 1.31. The largest absolute Gasteiger partial charge is 0.343 e. The minimum Gasteiger partial charge on any atom is -0.343 e. The third-order valence-corrected chi connectivity index (χ3v) is 5.66. The third kappa shape index (κ3) is 9.12. The molecule has 2 aromatic carbocycles. The molecule has 2 aromatic rings. The first-order valence-corrected chi connectivity index (χ1v) is 12.0. The molecule has 1 fully saturated rings. The van der Waals surface area contributed by atoms with Gasteiger partial charge in [0.05, 0.1) is 6.61 Å². The van der Waals surface area contributed by atoms with E-state index in [-0.39, 0.29) is 24.3 Å². The first kappa shape index (κ1) is 26.3. The fourth-order valence-electron chi connectivity index (χ4n) is 3.72. The first-order valence-electron chi connectivity index (χ1n) is 12.0. The van der Waals surface area contributed by atoms with Crippen molar-refractivity contribution in [2.45, 2.75) is 57.9 Å². The Hall–Kier alpha value is -3.27. The molecule has 0 radical (unpaired) electrons. The summed E-state index contributed by atoms with van der Waals surface area (Å²) in [5, 5.41) is 6.91. The van der Waals surface area contributed by atoms with Gasteiger partial charge in [0, 0.05) is 20.0 Å². The summed E-state index contributed by atoms with van der Waals surface area (Å²) in [6.07, 6.45) is 2.11. The average molecular weight is 483 g/mol. The van der Waals surface area contributed by atoms with Crippen LogP contribution < -0.4 is 16.1 Å². The summed E-state index contributed by atoms with van der Waals surface area (Å²) in [7, 11) is 0. The minimum atomic E-state index is -0.617. The van der Waals surface area contributed by atoms with Gasteiger partial charge in [-0.15, -0.1) is 0 Å². The van der Waals surface area contributed by atoms with Crippen molar-refractivity contribution in [1.29, 1.82) is 0 Å². The summed E-state index contributed by atoms with van der Waals surface area (Å²) in [6.45, 7) is 3.09. The molecule has 1 aliphatic heterocycles. The van der Waals surface area contributed by atoms with Crippen molar-refractivity contribution < 1.29 is 24.1 Å². The number of hydrogen-bond acceptors (Lipinski definition) is 6. The molecule has 0 unspecified atom stereocenters. The highest BCUT2D eigenvalue weighted by Crippen LogP contribution is 2.10. The van der Waals surface area contributed by atoms with Crippen LogP contribution in [0.3, 0.4) is 0 Å². The predicted molar refractivity (Wildman–Crippen MR) is 130 cm³/mol. The van der Waals surface area contributed by atoms with Crippen LogP contribution in [0.2, 0.25) is 0 Å². The van der Waals surface area contributed by atoms with Crippen LogP contribution in [0.1, 0.15) is 43.7 Å². The Morgan fingerprint density at radius 2 is 1.40 bits per heavy atom. The lowest BCUT2D eigenvalue weighted by Gasteiger charge is -2.30. The van der Waals surface area contributed by atoms with E-state index in [4.69, 9.17) is 9.68 Å². The van der Waals surface area contributed by atoms with Crippen molar-refractivity contribution in [1.82, 2.24) is 21.2 Å². The smallest absolute Gasteiger partial charge is 0.243 e. The molecular formula is C26H34N4O5. The zero-order valence-electron chi connectivity index (χ0n) is 20.1. The van der Waals surface area contributed by atoms with Crippen LogP contribution in [0.25, 0.3) is 0 Å². The highest BCUT2D eigenvalue weighted by Gasteiger charge is 2.32. The molecule has 0 aromatic heterocycles. The van der Waals surface area contributed by atoms with Crippen LogP contribution in [0.5, 0.6) is 0 Å². The maximum Gasteiger partial charge on any atom is 0.243 e. The van der Waals surface area contributed by atoms with Gasteiger partial charge in [-0.05, 0) is 36.8 Å². The van der Waals surface area contributed by atoms with Gasteiger partial charge in [0.15, 0.2) is 0 Å². The van der Waals surface area contributed by atoms with Crippen molar-refractivity contribution in [3.05, 3.63) is 71.8 Å². The Bertz CT molecular complexity index is 941. The van der Waals surface area contributed by atoms with E-state index in [9.17, 15) is 14.4 Å². The lowest BCUT2D eigenvalue weighted by molar-refractivity contribution is -0.189. The monoisotopic (exact) mass is 482 g/mol. The lowest BCUT2D eigenvalue weighted by atomic mass is 10.0. The summed E-state index contributed by atoms with van der Waals surface area (Å²) in [6, 6.07) is 18.2. The Morgan fingerprint density at radius 1 is 0.857 bits per heavy atom. The van der Waals surface area contributed by atoms with Crippen molar-refractivity contribution in [3.8, 4) is 0 Å². The number of carbonyl (C=O) groups excluding carboxylic acids is 3. The van der Waals surface area contributed by atoms with Gasteiger partial charge in [0.25, 0.3) is 0 Å². The molecule has 3 amide bonds. The van der Waals surface area contributed by atoms with Crippen LogP contribution in [0.15, 0.2) is 60.7 Å². The number of nitrogens with zero attached hydrogens (tertiary/aromatic N) is 1. The van der Waals surface area contributed by atoms with Gasteiger partial charge >= 0.3 is 0 Å². The number of rotatable bonds is 14. The molecule has 9 nitrogen and oxygen atoms in total. The molecule has 1 aliphatic rings. The second-order valence-corrected chi connectivity index (χ2v) is 8.46. The molecule has 35 heavy (non-hydrogen) atoms. The molecule has 3 rings (SSSR count). The highest BCUT2D eigenvalue weighted by atomic mass is 16.7. The van der Waals surface area contributed by atoms with Gasteiger partial charge in [-0.1, -0.05) is 60.7 Å². The number of amides is 3. The second kappa shape index (κ2) is 14.2. The third-order valence-electron chi connectivity index (χ3n) is 5.66. The van der Waals surface area contributed by atoms with E-state index in [1.165, 1.54) is 12.0 Å². The lowest BCUT2D eigenvalue weighted by Crippen LogP contribution is -2.61. The molecule has 2 atom stereocenters. The second-order valence-electron chi connectivity index (χ2n) is 8.46. The molecule has 1 saturated heterocycles. The van der Waals surface area contributed by atoms with Gasteiger partial charge in [0.2, 0.25) is 17.7 Å². The van der Waals surface area contributed by atoms with Crippen LogP contribution >= 0.6 is 0 Å². The van der Waals surface area contributed by atoms with Crippen molar-refractivity contribution in [2.75, 3.05) is 13.1 Å². The zero-order chi connectivity index (χ0) is 24.9. The summed E-state index contributed by atoms with van der Waals surface area (Å²) in [5.74, 6) is -0.606. The number of piperazine rings is 1. The Morgan fingerprint density at radius 3 is 1.97 bits per heavy atom. The Kier molecular flexibility index (Phi) is 10.7. The van der Waals surface area contributed by atoms with Crippen molar-refractivity contribution in [3.63, 3.8) is 0 Å². The fourth-order valence-corrected chi connectivity index (χ4v) is 3.72. The molecule has 0 bridgehead atoms. The standard InChI is InChI=1S/C26H34N4O5/c1-20(31)30(35-19-22-12-6-3-7-13-22)17-9-15-24-26(33)28-23(25(32)29-24)14-8-16-27-34-18-21-10-4-2-5-11-21/h2-7,10-13,23-24,27H,8-9,14-19H2,1H3,(H,28,33)(H,29,32)/t23-,24-/m0/s1. The van der Waals surface area contributed by atoms with E-state index in [2.05, 4.69) is 16.1 Å². The van der Waals surface area contributed by atoms with E-state index in [0.29, 0.717) is 45.4 Å². The first-order chi connectivity index (χ1) is 17.0. The number of benzene rings is 2. The number of nitrogens with one attached hydrogen (secondary N) is 3.